The first-order valence-electron chi connectivity index (χ1n) is 10.1. The maximum Gasteiger partial charge on any atom is 0.0754 e. The maximum atomic E-state index is 10.1. The van der Waals surface area contributed by atoms with Gasteiger partial charge in [-0.2, -0.15) is 0 Å². The molecule has 0 amide bonds. The number of fused-ring (bicyclic) bond motifs is 2. The Morgan fingerprint density at radius 3 is 2.46 bits per heavy atom. The van der Waals surface area contributed by atoms with Gasteiger partial charge >= 0.3 is 0 Å². The molecule has 0 radical (unpaired) electrons. The molecule has 0 bridgehead atoms. The number of aliphatic hydroxyl groups is 1. The van der Waals surface area contributed by atoms with Crippen LogP contribution in [0.4, 0.5) is 0 Å². The third-order valence-corrected chi connectivity index (χ3v) is 5.83. The SMILES string of the molecule is OCc1ccc2ccccc2c1-c1nc(-c2ccccc2)cc2c1CCCC2. The van der Waals surface area contributed by atoms with Crippen molar-refractivity contribution in [2.75, 3.05) is 0 Å². The second-order valence-corrected chi connectivity index (χ2v) is 7.55. The summed E-state index contributed by atoms with van der Waals surface area (Å²) >= 11 is 0. The standard InChI is InChI=1S/C26H23NO/c28-17-21-15-14-18-8-4-6-12-22(18)25(21)26-23-13-7-5-11-20(23)16-24(27-26)19-9-2-1-3-10-19/h1-4,6,8-10,12,14-16,28H,5,7,11,13,17H2. The van der Waals surface area contributed by atoms with Crippen LogP contribution in [-0.2, 0) is 19.4 Å². The zero-order valence-corrected chi connectivity index (χ0v) is 15.9. The first kappa shape index (κ1) is 17.2. The fourth-order valence-corrected chi connectivity index (χ4v) is 4.44. The van der Waals surface area contributed by atoms with Gasteiger partial charge in [-0.1, -0.05) is 66.7 Å². The van der Waals surface area contributed by atoms with Crippen molar-refractivity contribution < 1.29 is 5.11 Å². The summed E-state index contributed by atoms with van der Waals surface area (Å²) in [7, 11) is 0. The molecule has 2 nitrogen and oxygen atoms in total. The van der Waals surface area contributed by atoms with Gasteiger partial charge in [-0.05, 0) is 59.2 Å². The molecule has 5 rings (SSSR count). The molecule has 4 aromatic rings. The summed E-state index contributed by atoms with van der Waals surface area (Å²) in [5.74, 6) is 0. The summed E-state index contributed by atoms with van der Waals surface area (Å²) in [5, 5.41) is 12.5. The Morgan fingerprint density at radius 2 is 1.61 bits per heavy atom. The van der Waals surface area contributed by atoms with E-state index in [-0.39, 0.29) is 6.61 Å². The molecule has 3 aromatic carbocycles. The third-order valence-electron chi connectivity index (χ3n) is 5.83. The summed E-state index contributed by atoms with van der Waals surface area (Å²) in [6.45, 7) is 0.0200. The minimum absolute atomic E-state index is 0.0200. The van der Waals surface area contributed by atoms with E-state index in [9.17, 15) is 5.11 Å². The number of aromatic nitrogens is 1. The van der Waals surface area contributed by atoms with E-state index in [1.165, 1.54) is 34.7 Å². The Bertz CT molecular complexity index is 1150. The minimum atomic E-state index is 0.0200. The second kappa shape index (κ2) is 7.21. The number of nitrogens with zero attached hydrogens (tertiary/aromatic N) is 1. The lowest BCUT2D eigenvalue weighted by molar-refractivity contribution is 0.282. The molecular formula is C26H23NO. The summed E-state index contributed by atoms with van der Waals surface area (Å²) in [6, 6.07) is 25.2. The van der Waals surface area contributed by atoms with Crippen LogP contribution in [0, 0.1) is 0 Å². The molecule has 1 aliphatic carbocycles. The van der Waals surface area contributed by atoms with Gasteiger partial charge in [0, 0.05) is 11.1 Å². The molecule has 138 valence electrons. The van der Waals surface area contributed by atoms with Crippen LogP contribution in [0.1, 0.15) is 29.5 Å². The Kier molecular flexibility index (Phi) is 4.42. The third kappa shape index (κ3) is 2.90. The van der Waals surface area contributed by atoms with E-state index in [0.29, 0.717) is 0 Å². The summed E-state index contributed by atoms with van der Waals surface area (Å²) < 4.78 is 0. The largest absolute Gasteiger partial charge is 0.392 e. The van der Waals surface area contributed by atoms with Crippen LogP contribution < -0.4 is 0 Å². The van der Waals surface area contributed by atoms with Crippen LogP contribution in [-0.4, -0.2) is 10.1 Å². The van der Waals surface area contributed by atoms with E-state index >= 15 is 0 Å². The molecule has 0 fully saturated rings. The van der Waals surface area contributed by atoms with Crippen molar-refractivity contribution in [1.29, 1.82) is 0 Å². The van der Waals surface area contributed by atoms with Crippen molar-refractivity contribution in [2.24, 2.45) is 0 Å². The highest BCUT2D eigenvalue weighted by molar-refractivity contribution is 5.98. The lowest BCUT2D eigenvalue weighted by Crippen LogP contribution is -2.08. The van der Waals surface area contributed by atoms with Crippen LogP contribution in [0.3, 0.4) is 0 Å². The molecule has 0 saturated carbocycles. The van der Waals surface area contributed by atoms with E-state index in [0.717, 1.165) is 40.9 Å². The number of pyridine rings is 1. The van der Waals surface area contributed by atoms with Gasteiger partial charge in [0.2, 0.25) is 0 Å². The first-order chi connectivity index (χ1) is 13.8. The Morgan fingerprint density at radius 1 is 0.821 bits per heavy atom. The Hall–Kier alpha value is -2.97. The monoisotopic (exact) mass is 365 g/mol. The predicted octanol–water partition coefficient (Wildman–Crippen LogP) is 5.94. The lowest BCUT2D eigenvalue weighted by atomic mass is 9.85. The van der Waals surface area contributed by atoms with E-state index in [1.54, 1.807) is 0 Å². The highest BCUT2D eigenvalue weighted by Gasteiger charge is 2.21. The summed E-state index contributed by atoms with van der Waals surface area (Å²) in [4.78, 5) is 5.17. The molecule has 1 N–H and O–H groups in total. The number of rotatable bonds is 3. The van der Waals surface area contributed by atoms with Crippen LogP contribution in [0.15, 0.2) is 72.8 Å². The fourth-order valence-electron chi connectivity index (χ4n) is 4.44. The molecule has 0 saturated heterocycles. The van der Waals surface area contributed by atoms with Gasteiger partial charge in [-0.25, -0.2) is 4.98 Å². The average molecular weight is 365 g/mol. The number of hydrogen-bond acceptors (Lipinski definition) is 2. The zero-order chi connectivity index (χ0) is 18.9. The second-order valence-electron chi connectivity index (χ2n) is 7.55. The molecule has 1 aliphatic rings. The molecule has 0 unspecified atom stereocenters. The van der Waals surface area contributed by atoms with Crippen molar-refractivity contribution in [3.63, 3.8) is 0 Å². The smallest absolute Gasteiger partial charge is 0.0754 e. The Labute approximate surface area is 165 Å². The van der Waals surface area contributed by atoms with Gasteiger partial charge in [0.15, 0.2) is 0 Å². The molecule has 2 heteroatoms. The van der Waals surface area contributed by atoms with Crippen molar-refractivity contribution >= 4 is 10.8 Å². The zero-order valence-electron chi connectivity index (χ0n) is 15.9. The van der Waals surface area contributed by atoms with Crippen molar-refractivity contribution in [1.82, 2.24) is 4.98 Å². The number of aryl methyl sites for hydroxylation is 1. The quantitative estimate of drug-likeness (QED) is 0.487. The van der Waals surface area contributed by atoms with Gasteiger partial charge < -0.3 is 5.11 Å². The van der Waals surface area contributed by atoms with E-state index in [1.807, 2.05) is 12.1 Å². The topological polar surface area (TPSA) is 33.1 Å². The Balaban J connectivity index is 1.84. The van der Waals surface area contributed by atoms with E-state index < -0.39 is 0 Å². The predicted molar refractivity (Wildman–Crippen MR) is 115 cm³/mol. The highest BCUT2D eigenvalue weighted by Crippen LogP contribution is 2.38. The summed E-state index contributed by atoms with van der Waals surface area (Å²) in [5.41, 5.74) is 8.03. The van der Waals surface area contributed by atoms with Crippen LogP contribution in [0.5, 0.6) is 0 Å². The number of aliphatic hydroxyl groups excluding tert-OH is 1. The minimum Gasteiger partial charge on any atom is -0.392 e. The van der Waals surface area contributed by atoms with Gasteiger partial charge in [0.25, 0.3) is 0 Å². The first-order valence-corrected chi connectivity index (χ1v) is 10.1. The van der Waals surface area contributed by atoms with E-state index in [2.05, 4.69) is 60.7 Å². The van der Waals surface area contributed by atoms with Crippen LogP contribution in [0.25, 0.3) is 33.3 Å². The van der Waals surface area contributed by atoms with E-state index in [4.69, 9.17) is 4.98 Å². The van der Waals surface area contributed by atoms with Gasteiger partial charge in [0.05, 0.1) is 18.0 Å². The average Bonchev–Trinajstić information content (AvgIpc) is 2.78. The molecule has 28 heavy (non-hydrogen) atoms. The van der Waals surface area contributed by atoms with Crippen molar-refractivity contribution in [3.05, 3.63) is 89.5 Å². The molecule has 0 spiro atoms. The van der Waals surface area contributed by atoms with Crippen molar-refractivity contribution in [2.45, 2.75) is 32.3 Å². The fraction of sp³-hybridized carbons (Fsp3) is 0.192. The normalized spacial score (nSPS) is 13.5. The molecule has 0 atom stereocenters. The molecule has 0 aliphatic heterocycles. The number of hydrogen-bond donors (Lipinski definition) is 1. The lowest BCUT2D eigenvalue weighted by Gasteiger charge is -2.22. The van der Waals surface area contributed by atoms with Crippen molar-refractivity contribution in [3.8, 4) is 22.5 Å². The molecule has 1 heterocycles. The maximum absolute atomic E-state index is 10.1. The van der Waals surface area contributed by atoms with Gasteiger partial charge in [-0.15, -0.1) is 0 Å². The highest BCUT2D eigenvalue weighted by atomic mass is 16.3. The molecule has 1 aromatic heterocycles. The van der Waals surface area contributed by atoms with Gasteiger partial charge in [0.1, 0.15) is 0 Å². The van der Waals surface area contributed by atoms with Crippen LogP contribution >= 0.6 is 0 Å². The van der Waals surface area contributed by atoms with Crippen LogP contribution in [0.2, 0.25) is 0 Å². The number of benzene rings is 3. The summed E-state index contributed by atoms with van der Waals surface area (Å²) in [6.07, 6.45) is 4.59. The molecular weight excluding hydrogens is 342 g/mol. The van der Waals surface area contributed by atoms with Gasteiger partial charge in [-0.3, -0.25) is 0 Å².